The molecule has 0 aliphatic carbocycles. The molecule has 1 rings (SSSR count). The Morgan fingerprint density at radius 3 is 3.11 bits per heavy atom. The predicted octanol–water partition coefficient (Wildman–Crippen LogP) is 0.500. The van der Waals surface area contributed by atoms with E-state index in [-0.39, 0.29) is 0 Å². The first-order valence-electron chi connectivity index (χ1n) is 3.29. The molecule has 0 aromatic rings. The molecule has 3 nitrogen and oxygen atoms in total. The zero-order valence-corrected chi connectivity index (χ0v) is 5.63. The minimum Gasteiger partial charge on any atom is -0.463 e. The van der Waals surface area contributed by atoms with Crippen molar-refractivity contribution in [3.05, 3.63) is 0 Å². The molecule has 1 aliphatic heterocycles. The first-order chi connectivity index (χ1) is 4.33. The number of ether oxygens (including phenoxy) is 1. The topological polar surface area (TPSA) is 47.6 Å². The minimum absolute atomic E-state index is 0.329. The van der Waals surface area contributed by atoms with Crippen LogP contribution in [-0.4, -0.2) is 18.7 Å². The molecule has 9 heavy (non-hydrogen) atoms. The van der Waals surface area contributed by atoms with E-state index in [4.69, 9.17) is 10.5 Å². The first kappa shape index (κ1) is 6.39. The third-order valence-electron chi connectivity index (χ3n) is 1.36. The summed E-state index contributed by atoms with van der Waals surface area (Å²) in [6.45, 7) is 2.81. The lowest BCUT2D eigenvalue weighted by Crippen LogP contribution is -2.10. The standard InChI is InChI=1S/C6H12N2O/c1-2-3-5-4-9-6(7)8-5/h5H,2-4H2,1H3,(H2,7,8)/t5-/m0/s1. The molecule has 3 heteroatoms. The van der Waals surface area contributed by atoms with Gasteiger partial charge in [0.05, 0.1) is 6.04 Å². The quantitative estimate of drug-likeness (QED) is 0.588. The molecule has 0 fully saturated rings. The molecule has 1 aliphatic rings. The smallest absolute Gasteiger partial charge is 0.282 e. The van der Waals surface area contributed by atoms with E-state index in [9.17, 15) is 0 Å². The van der Waals surface area contributed by atoms with E-state index in [2.05, 4.69) is 11.9 Å². The van der Waals surface area contributed by atoms with Gasteiger partial charge in [-0.15, -0.1) is 0 Å². The van der Waals surface area contributed by atoms with Crippen LogP contribution >= 0.6 is 0 Å². The third-order valence-corrected chi connectivity index (χ3v) is 1.36. The van der Waals surface area contributed by atoms with E-state index in [1.165, 1.54) is 0 Å². The molecule has 2 N–H and O–H groups in total. The van der Waals surface area contributed by atoms with Gasteiger partial charge in [0.15, 0.2) is 0 Å². The van der Waals surface area contributed by atoms with Crippen LogP contribution in [0.2, 0.25) is 0 Å². The van der Waals surface area contributed by atoms with E-state index in [0.717, 1.165) is 12.8 Å². The second kappa shape index (κ2) is 2.71. The van der Waals surface area contributed by atoms with Crippen molar-refractivity contribution in [3.63, 3.8) is 0 Å². The van der Waals surface area contributed by atoms with Crippen LogP contribution in [0.1, 0.15) is 19.8 Å². The van der Waals surface area contributed by atoms with Gasteiger partial charge in [0.25, 0.3) is 6.02 Å². The molecule has 1 atom stereocenters. The summed E-state index contributed by atoms with van der Waals surface area (Å²) in [5, 5.41) is 0. The Balaban J connectivity index is 2.29. The van der Waals surface area contributed by atoms with Gasteiger partial charge in [-0.2, -0.15) is 0 Å². The van der Waals surface area contributed by atoms with Crippen molar-refractivity contribution in [1.82, 2.24) is 0 Å². The molecule has 0 bridgehead atoms. The van der Waals surface area contributed by atoms with Gasteiger partial charge in [-0.1, -0.05) is 13.3 Å². The molecule has 0 unspecified atom stereocenters. The van der Waals surface area contributed by atoms with E-state index in [1.54, 1.807) is 0 Å². The second-order valence-electron chi connectivity index (χ2n) is 2.22. The van der Waals surface area contributed by atoms with Crippen LogP contribution in [0.3, 0.4) is 0 Å². The largest absolute Gasteiger partial charge is 0.463 e. The van der Waals surface area contributed by atoms with Crippen LogP contribution in [0.15, 0.2) is 4.99 Å². The highest BCUT2D eigenvalue weighted by Crippen LogP contribution is 2.07. The van der Waals surface area contributed by atoms with Gasteiger partial charge in [-0.25, -0.2) is 4.99 Å². The summed E-state index contributed by atoms with van der Waals surface area (Å²) in [6.07, 6.45) is 2.23. The van der Waals surface area contributed by atoms with Crippen molar-refractivity contribution in [2.45, 2.75) is 25.8 Å². The van der Waals surface area contributed by atoms with Crippen molar-refractivity contribution >= 4 is 6.02 Å². The molecule has 0 saturated carbocycles. The number of hydrogen-bond acceptors (Lipinski definition) is 3. The maximum atomic E-state index is 5.28. The first-order valence-corrected chi connectivity index (χ1v) is 3.29. The van der Waals surface area contributed by atoms with Crippen molar-refractivity contribution in [3.8, 4) is 0 Å². The molecular formula is C6H12N2O. The second-order valence-corrected chi connectivity index (χ2v) is 2.22. The number of amidine groups is 1. The number of hydrogen-bond donors (Lipinski definition) is 1. The molecular weight excluding hydrogens is 116 g/mol. The number of rotatable bonds is 2. The summed E-state index contributed by atoms with van der Waals surface area (Å²) in [5.74, 6) is 0. The number of nitrogens with zero attached hydrogens (tertiary/aromatic N) is 1. The fourth-order valence-electron chi connectivity index (χ4n) is 0.917. The summed E-state index contributed by atoms with van der Waals surface area (Å²) in [4.78, 5) is 4.05. The monoisotopic (exact) mass is 128 g/mol. The van der Waals surface area contributed by atoms with Crippen molar-refractivity contribution < 1.29 is 4.74 Å². The van der Waals surface area contributed by atoms with Gasteiger partial charge in [0, 0.05) is 0 Å². The van der Waals surface area contributed by atoms with E-state index in [0.29, 0.717) is 18.7 Å². The summed E-state index contributed by atoms with van der Waals surface area (Å²) >= 11 is 0. The molecule has 1 heterocycles. The molecule has 52 valence electrons. The molecule has 0 spiro atoms. The van der Waals surface area contributed by atoms with E-state index in [1.807, 2.05) is 0 Å². The van der Waals surface area contributed by atoms with Gasteiger partial charge in [0.1, 0.15) is 6.61 Å². The molecule has 0 aromatic carbocycles. The molecule has 0 radical (unpaired) electrons. The highest BCUT2D eigenvalue weighted by molar-refractivity contribution is 5.72. The fraction of sp³-hybridized carbons (Fsp3) is 0.833. The van der Waals surface area contributed by atoms with E-state index < -0.39 is 0 Å². The Labute approximate surface area is 54.9 Å². The maximum Gasteiger partial charge on any atom is 0.282 e. The zero-order valence-electron chi connectivity index (χ0n) is 5.63. The van der Waals surface area contributed by atoms with Gasteiger partial charge < -0.3 is 10.5 Å². The Morgan fingerprint density at radius 2 is 2.67 bits per heavy atom. The lowest BCUT2D eigenvalue weighted by molar-refractivity contribution is 0.307. The number of nitrogens with two attached hydrogens (primary N) is 1. The molecule has 0 aromatic heterocycles. The predicted molar refractivity (Wildman–Crippen MR) is 36.3 cm³/mol. The highest BCUT2D eigenvalue weighted by atomic mass is 16.5. The molecule has 0 saturated heterocycles. The summed E-state index contributed by atoms with van der Waals surface area (Å²) in [6, 6.07) is 0.684. The van der Waals surface area contributed by atoms with Crippen LogP contribution in [0.25, 0.3) is 0 Å². The van der Waals surface area contributed by atoms with Crippen LogP contribution in [0.5, 0.6) is 0 Å². The minimum atomic E-state index is 0.329. The average molecular weight is 128 g/mol. The highest BCUT2D eigenvalue weighted by Gasteiger charge is 2.14. The fourth-order valence-corrected chi connectivity index (χ4v) is 0.917. The van der Waals surface area contributed by atoms with Crippen molar-refractivity contribution in [1.29, 1.82) is 0 Å². The normalized spacial score (nSPS) is 25.4. The lowest BCUT2D eigenvalue weighted by atomic mass is 10.2. The van der Waals surface area contributed by atoms with Crippen LogP contribution < -0.4 is 5.73 Å². The van der Waals surface area contributed by atoms with Crippen LogP contribution in [-0.2, 0) is 4.74 Å². The number of aliphatic imine (C=N–C) groups is 1. The van der Waals surface area contributed by atoms with Crippen LogP contribution in [0, 0.1) is 0 Å². The lowest BCUT2D eigenvalue weighted by Gasteiger charge is -1.98. The van der Waals surface area contributed by atoms with Crippen LogP contribution in [0.4, 0.5) is 0 Å². The Kier molecular flexibility index (Phi) is 1.92. The maximum absolute atomic E-state index is 5.28. The van der Waals surface area contributed by atoms with Gasteiger partial charge in [0.2, 0.25) is 0 Å². The SMILES string of the molecule is CCC[C@H]1COC(N)=N1. The summed E-state index contributed by atoms with van der Waals surface area (Å²) in [7, 11) is 0. The summed E-state index contributed by atoms with van der Waals surface area (Å²) < 4.78 is 4.95. The van der Waals surface area contributed by atoms with Gasteiger partial charge >= 0.3 is 0 Å². The Morgan fingerprint density at radius 1 is 1.89 bits per heavy atom. The Hall–Kier alpha value is -0.730. The van der Waals surface area contributed by atoms with E-state index >= 15 is 0 Å². The van der Waals surface area contributed by atoms with Crippen molar-refractivity contribution in [2.24, 2.45) is 10.7 Å². The third kappa shape index (κ3) is 1.59. The van der Waals surface area contributed by atoms with Gasteiger partial charge in [-0.3, -0.25) is 0 Å². The van der Waals surface area contributed by atoms with Gasteiger partial charge in [-0.05, 0) is 6.42 Å². The Bertz CT molecular complexity index is 122. The zero-order chi connectivity index (χ0) is 6.69. The summed E-state index contributed by atoms with van der Waals surface area (Å²) in [5.41, 5.74) is 5.28. The van der Waals surface area contributed by atoms with Crippen molar-refractivity contribution in [2.75, 3.05) is 6.61 Å². The average Bonchev–Trinajstić information content (AvgIpc) is 2.17. The molecule has 0 amide bonds.